The molecule has 1 atom stereocenters. The maximum Gasteiger partial charge on any atom is 0.259 e. The van der Waals surface area contributed by atoms with Crippen LogP contribution >= 0.6 is 0 Å². The van der Waals surface area contributed by atoms with Gasteiger partial charge in [-0.1, -0.05) is 43.7 Å². The minimum Gasteiger partial charge on any atom is -0.367 e. The molecule has 0 spiro atoms. The highest BCUT2D eigenvalue weighted by molar-refractivity contribution is 5.78. The van der Waals surface area contributed by atoms with Crippen LogP contribution in [0.25, 0.3) is 16.9 Å². The van der Waals surface area contributed by atoms with Crippen LogP contribution in [0.3, 0.4) is 0 Å². The molecule has 2 heterocycles. The molecule has 218 valence electrons. The van der Waals surface area contributed by atoms with Gasteiger partial charge in [-0.3, -0.25) is 14.2 Å². The lowest BCUT2D eigenvalue weighted by Crippen LogP contribution is -2.37. The van der Waals surface area contributed by atoms with Crippen molar-refractivity contribution in [1.29, 1.82) is 5.26 Å². The van der Waals surface area contributed by atoms with Gasteiger partial charge in [0.25, 0.3) is 5.56 Å². The standard InChI is InChI=1S/C32H35FN6O3/c1-4-7-29-27(16-22-11-10-21(17-28(22)33)26-9-6-5-8-23(26)18-34)31(41)38(32-36-20(3)37-39(29)32)24-12-14-25(15-13-24)42-19(2)30(35)40/h5-6,8-11,17,19,24-25H,4,7,12-16H2,1-3H3,(H2,35,40). The number of nitrogens with zero attached hydrogens (tertiary/aromatic N) is 5. The molecule has 2 aromatic heterocycles. The van der Waals surface area contributed by atoms with E-state index in [-0.39, 0.29) is 24.1 Å². The Morgan fingerprint density at radius 3 is 2.62 bits per heavy atom. The fraction of sp³-hybridized carbons (Fsp3) is 0.406. The number of hydrogen-bond donors (Lipinski definition) is 1. The second-order valence-corrected chi connectivity index (χ2v) is 11.0. The van der Waals surface area contributed by atoms with E-state index in [4.69, 9.17) is 10.5 Å². The molecule has 1 aliphatic rings. The highest BCUT2D eigenvalue weighted by Gasteiger charge is 2.30. The highest BCUT2D eigenvalue weighted by atomic mass is 19.1. The van der Waals surface area contributed by atoms with Crippen LogP contribution in [0.2, 0.25) is 0 Å². The first-order chi connectivity index (χ1) is 20.2. The molecule has 1 unspecified atom stereocenters. The summed E-state index contributed by atoms with van der Waals surface area (Å²) in [4.78, 5) is 30.3. The van der Waals surface area contributed by atoms with E-state index < -0.39 is 17.8 Å². The van der Waals surface area contributed by atoms with Crippen molar-refractivity contribution in [3.8, 4) is 17.2 Å². The SMILES string of the molecule is CCCc1c(Cc2ccc(-c3ccccc3C#N)cc2F)c(=O)n(C2CCC(OC(C)C(N)=O)CC2)c2nc(C)nn12. The molecule has 10 heteroatoms. The molecule has 42 heavy (non-hydrogen) atoms. The van der Waals surface area contributed by atoms with Gasteiger partial charge in [-0.25, -0.2) is 8.91 Å². The van der Waals surface area contributed by atoms with Crippen LogP contribution in [0.5, 0.6) is 0 Å². The maximum absolute atomic E-state index is 15.6. The predicted molar refractivity (Wildman–Crippen MR) is 156 cm³/mol. The van der Waals surface area contributed by atoms with Crippen molar-refractivity contribution in [3.05, 3.63) is 86.8 Å². The lowest BCUT2D eigenvalue weighted by molar-refractivity contribution is -0.133. The van der Waals surface area contributed by atoms with E-state index in [1.54, 1.807) is 53.3 Å². The molecule has 0 bridgehead atoms. The number of carbonyl (C=O) groups is 1. The van der Waals surface area contributed by atoms with Crippen molar-refractivity contribution in [2.75, 3.05) is 0 Å². The van der Waals surface area contributed by atoms with Gasteiger partial charge in [-0.15, -0.1) is 0 Å². The summed E-state index contributed by atoms with van der Waals surface area (Å²) >= 11 is 0. The minimum atomic E-state index is -0.672. The number of carbonyl (C=O) groups excluding carboxylic acids is 1. The third-order valence-corrected chi connectivity index (χ3v) is 8.06. The molecule has 2 N–H and O–H groups in total. The number of rotatable bonds is 9. The van der Waals surface area contributed by atoms with Crippen LogP contribution in [-0.2, 0) is 22.4 Å². The molecular weight excluding hydrogens is 535 g/mol. The Kier molecular flexibility index (Phi) is 8.50. The molecular formula is C32H35FN6O3. The Hall–Kier alpha value is -4.36. The average molecular weight is 571 g/mol. The average Bonchev–Trinajstić information content (AvgIpc) is 3.37. The summed E-state index contributed by atoms with van der Waals surface area (Å²) in [6.45, 7) is 5.47. The summed E-state index contributed by atoms with van der Waals surface area (Å²) in [5, 5.41) is 14.1. The van der Waals surface area contributed by atoms with Crippen LogP contribution in [0.15, 0.2) is 47.3 Å². The summed E-state index contributed by atoms with van der Waals surface area (Å²) in [6.07, 6.45) is 3.33. The number of aromatic nitrogens is 4. The van der Waals surface area contributed by atoms with Crippen molar-refractivity contribution < 1.29 is 13.9 Å². The lowest BCUT2D eigenvalue weighted by atomic mass is 9.92. The van der Waals surface area contributed by atoms with E-state index in [0.29, 0.717) is 71.5 Å². The predicted octanol–water partition coefficient (Wildman–Crippen LogP) is 4.79. The molecule has 0 saturated heterocycles. The lowest BCUT2D eigenvalue weighted by Gasteiger charge is -2.31. The summed E-state index contributed by atoms with van der Waals surface area (Å²) in [5.74, 6) is 0.101. The maximum atomic E-state index is 15.6. The van der Waals surface area contributed by atoms with Gasteiger partial charge in [-0.05, 0) is 74.8 Å². The zero-order chi connectivity index (χ0) is 30.0. The van der Waals surface area contributed by atoms with Crippen LogP contribution in [0, 0.1) is 24.1 Å². The summed E-state index contributed by atoms with van der Waals surface area (Å²) < 4.78 is 24.9. The van der Waals surface area contributed by atoms with Gasteiger partial charge in [0.1, 0.15) is 17.7 Å². The Morgan fingerprint density at radius 2 is 1.95 bits per heavy atom. The third kappa shape index (κ3) is 5.70. The number of fused-ring (bicyclic) bond motifs is 1. The zero-order valence-corrected chi connectivity index (χ0v) is 24.1. The van der Waals surface area contributed by atoms with Gasteiger partial charge in [0.15, 0.2) is 0 Å². The zero-order valence-electron chi connectivity index (χ0n) is 24.1. The second kappa shape index (κ2) is 12.2. The number of amides is 1. The van der Waals surface area contributed by atoms with Crippen molar-refractivity contribution in [2.45, 2.75) is 84.0 Å². The molecule has 1 saturated carbocycles. The number of primary amides is 1. The van der Waals surface area contributed by atoms with Crippen LogP contribution in [-0.4, -0.2) is 37.3 Å². The molecule has 1 amide bonds. The Bertz CT molecular complexity index is 1730. The van der Waals surface area contributed by atoms with Gasteiger partial charge < -0.3 is 10.5 Å². The topological polar surface area (TPSA) is 128 Å². The van der Waals surface area contributed by atoms with Crippen LogP contribution in [0.4, 0.5) is 4.39 Å². The number of halogens is 1. The molecule has 0 radical (unpaired) electrons. The number of nitriles is 1. The Labute approximate surface area is 243 Å². The normalized spacial score (nSPS) is 17.7. The first-order valence-electron chi connectivity index (χ1n) is 14.4. The monoisotopic (exact) mass is 570 g/mol. The van der Waals surface area contributed by atoms with Crippen molar-refractivity contribution in [2.24, 2.45) is 5.73 Å². The van der Waals surface area contributed by atoms with Gasteiger partial charge in [-0.2, -0.15) is 15.3 Å². The number of nitrogens with two attached hydrogens (primary N) is 1. The van der Waals surface area contributed by atoms with E-state index >= 15 is 4.39 Å². The Morgan fingerprint density at radius 1 is 1.21 bits per heavy atom. The van der Waals surface area contributed by atoms with E-state index in [1.807, 2.05) is 13.0 Å². The van der Waals surface area contributed by atoms with Crippen molar-refractivity contribution in [1.82, 2.24) is 19.2 Å². The molecule has 4 aromatic rings. The molecule has 1 aliphatic carbocycles. The fourth-order valence-electron chi connectivity index (χ4n) is 5.90. The molecule has 5 rings (SSSR count). The van der Waals surface area contributed by atoms with Gasteiger partial charge >= 0.3 is 0 Å². The number of hydrogen-bond acceptors (Lipinski definition) is 6. The van der Waals surface area contributed by atoms with E-state index in [2.05, 4.69) is 16.2 Å². The van der Waals surface area contributed by atoms with E-state index in [9.17, 15) is 14.9 Å². The van der Waals surface area contributed by atoms with Crippen molar-refractivity contribution in [3.63, 3.8) is 0 Å². The van der Waals surface area contributed by atoms with E-state index in [1.165, 1.54) is 6.07 Å². The Balaban J connectivity index is 1.53. The van der Waals surface area contributed by atoms with Gasteiger partial charge in [0.05, 0.1) is 23.4 Å². The first kappa shape index (κ1) is 29.1. The van der Waals surface area contributed by atoms with Crippen molar-refractivity contribution >= 4 is 11.7 Å². The summed E-state index contributed by atoms with van der Waals surface area (Å²) in [5.41, 5.74) is 8.53. The highest BCUT2D eigenvalue weighted by Crippen LogP contribution is 2.32. The smallest absolute Gasteiger partial charge is 0.259 e. The number of benzene rings is 2. The molecule has 1 fully saturated rings. The van der Waals surface area contributed by atoms with Gasteiger partial charge in [0, 0.05) is 18.0 Å². The molecule has 9 nitrogen and oxygen atoms in total. The molecule has 0 aliphatic heterocycles. The largest absolute Gasteiger partial charge is 0.367 e. The molecule has 2 aromatic carbocycles. The third-order valence-electron chi connectivity index (χ3n) is 8.06. The fourth-order valence-corrected chi connectivity index (χ4v) is 5.90. The summed E-state index contributed by atoms with van der Waals surface area (Å²) in [6, 6.07) is 14.0. The number of aryl methyl sites for hydroxylation is 2. The van der Waals surface area contributed by atoms with Crippen LogP contribution in [0.1, 0.15) is 80.2 Å². The van der Waals surface area contributed by atoms with E-state index in [0.717, 1.165) is 12.1 Å². The summed E-state index contributed by atoms with van der Waals surface area (Å²) in [7, 11) is 0. The number of ether oxygens (including phenoxy) is 1. The minimum absolute atomic E-state index is 0.101. The first-order valence-corrected chi connectivity index (χ1v) is 14.4. The quantitative estimate of drug-likeness (QED) is 0.308. The van der Waals surface area contributed by atoms with Gasteiger partial charge in [0.2, 0.25) is 11.7 Å². The van der Waals surface area contributed by atoms with Crippen LogP contribution < -0.4 is 11.3 Å². The second-order valence-electron chi connectivity index (χ2n) is 11.0.